The number of carboxylic acids is 1. The monoisotopic (exact) mass is 378 g/mol. The van der Waals surface area contributed by atoms with Crippen molar-refractivity contribution in [1.29, 1.82) is 0 Å². The Kier molecular flexibility index (Phi) is 5.70. The Morgan fingerprint density at radius 1 is 1.57 bits per heavy atom. The molecule has 0 aromatic rings. The fourth-order valence-electron chi connectivity index (χ4n) is 2.64. The molecule has 6 nitrogen and oxygen atoms in total. The Labute approximate surface area is 135 Å². The van der Waals surface area contributed by atoms with Crippen LogP contribution < -0.4 is 5.32 Å². The first-order valence-corrected chi connectivity index (χ1v) is 9.48. The first-order chi connectivity index (χ1) is 10.0. The maximum Gasteiger partial charge on any atom is 0.352 e. The number of nitrogens with zero attached hydrogens (tertiary/aromatic N) is 1. The summed E-state index contributed by atoms with van der Waals surface area (Å²) in [4.78, 5) is 24.8. The van der Waals surface area contributed by atoms with Gasteiger partial charge in [-0.15, -0.1) is 0 Å². The summed E-state index contributed by atoms with van der Waals surface area (Å²) in [5, 5.41) is 12.2. The van der Waals surface area contributed by atoms with E-state index in [2.05, 4.69) is 28.2 Å². The van der Waals surface area contributed by atoms with E-state index < -0.39 is 28.6 Å². The number of β-lactam (4-membered cyclic amide) rings is 1. The van der Waals surface area contributed by atoms with Crippen LogP contribution in [0.25, 0.3) is 0 Å². The van der Waals surface area contributed by atoms with Gasteiger partial charge in [-0.05, 0) is 24.1 Å². The second kappa shape index (κ2) is 7.13. The molecule has 2 aliphatic rings. The van der Waals surface area contributed by atoms with Gasteiger partial charge >= 0.3 is 5.97 Å². The number of unbranched alkanes of at least 4 members (excludes halogenated alkanes) is 2. The molecule has 2 N–H and O–H groups in total. The number of carbonyl (C=O) groups excluding carboxylic acids is 1. The Morgan fingerprint density at radius 3 is 2.86 bits per heavy atom. The average molecular weight is 379 g/mol. The van der Waals surface area contributed by atoms with Gasteiger partial charge in [0.15, 0.2) is 6.04 Å². The molecule has 2 unspecified atom stereocenters. The third-order valence-corrected chi connectivity index (χ3v) is 6.04. The number of carbonyl (C=O) groups is 2. The normalized spacial score (nSPS) is 28.4. The summed E-state index contributed by atoms with van der Waals surface area (Å²) in [6, 6.07) is -0.520. The predicted molar refractivity (Wildman–Crippen MR) is 83.4 cm³/mol. The number of alkyl halides is 1. The van der Waals surface area contributed by atoms with Gasteiger partial charge in [0.05, 0.1) is 0 Å². The summed E-state index contributed by atoms with van der Waals surface area (Å²) in [5.74, 6) is -1.22. The van der Waals surface area contributed by atoms with Crippen LogP contribution in [0.5, 0.6) is 0 Å². The Hall–Kier alpha value is -0.570. The Balaban J connectivity index is 2.10. The van der Waals surface area contributed by atoms with Crippen molar-refractivity contribution < 1.29 is 19.2 Å². The van der Waals surface area contributed by atoms with Crippen LogP contribution in [0.1, 0.15) is 26.2 Å². The van der Waals surface area contributed by atoms with E-state index in [4.69, 9.17) is 0 Å². The van der Waals surface area contributed by atoms with Crippen molar-refractivity contribution in [3.05, 3.63) is 11.3 Å². The number of amides is 1. The number of rotatable bonds is 7. The van der Waals surface area contributed by atoms with Crippen molar-refractivity contribution in [3.63, 3.8) is 0 Å². The summed E-state index contributed by atoms with van der Waals surface area (Å²) in [7, 11) is 0. The fourth-order valence-corrected chi connectivity index (χ4v) is 5.08. The lowest BCUT2D eigenvalue weighted by atomic mass is 10.0. The fraction of sp³-hybridized carbons (Fsp3) is 0.692. The SMILES string of the molecule is CCCCCNC1C(=O)N2C(C(=O)O)=C(CBr)C[S+]([O-])[C@@H]12. The van der Waals surface area contributed by atoms with E-state index >= 15 is 0 Å². The third-order valence-electron chi connectivity index (χ3n) is 3.71. The lowest BCUT2D eigenvalue weighted by molar-refractivity contribution is -0.149. The second-order valence-electron chi connectivity index (χ2n) is 5.15. The minimum Gasteiger partial charge on any atom is -0.614 e. The number of carboxylic acid groups (broad SMARTS) is 1. The van der Waals surface area contributed by atoms with Crippen LogP contribution >= 0.6 is 15.9 Å². The lowest BCUT2D eigenvalue weighted by Crippen LogP contribution is -2.74. The minimum atomic E-state index is -1.26. The zero-order chi connectivity index (χ0) is 15.6. The van der Waals surface area contributed by atoms with Gasteiger partial charge < -0.3 is 9.66 Å². The quantitative estimate of drug-likeness (QED) is 0.295. The molecular formula is C13H19BrN2O4S. The largest absolute Gasteiger partial charge is 0.614 e. The van der Waals surface area contributed by atoms with Gasteiger partial charge in [-0.1, -0.05) is 35.7 Å². The van der Waals surface area contributed by atoms with E-state index in [0.29, 0.717) is 17.4 Å². The maximum atomic E-state index is 12.3. The van der Waals surface area contributed by atoms with E-state index in [0.717, 1.165) is 19.3 Å². The van der Waals surface area contributed by atoms with E-state index in [1.807, 2.05) is 0 Å². The molecule has 0 aromatic heterocycles. The highest BCUT2D eigenvalue weighted by molar-refractivity contribution is 9.09. The van der Waals surface area contributed by atoms with Crippen molar-refractivity contribution in [2.24, 2.45) is 0 Å². The van der Waals surface area contributed by atoms with Gasteiger partial charge in [-0.2, -0.15) is 0 Å². The molecule has 2 aliphatic heterocycles. The van der Waals surface area contributed by atoms with Gasteiger partial charge in [0.25, 0.3) is 5.91 Å². The molecule has 1 amide bonds. The zero-order valence-corrected chi connectivity index (χ0v) is 14.2. The molecule has 0 radical (unpaired) electrons. The van der Waals surface area contributed by atoms with Gasteiger partial charge in [0.1, 0.15) is 11.4 Å². The number of nitrogens with one attached hydrogen (secondary N) is 1. The highest BCUT2D eigenvalue weighted by atomic mass is 79.9. The van der Waals surface area contributed by atoms with E-state index in [1.165, 1.54) is 4.90 Å². The number of hydrogen-bond donors (Lipinski definition) is 2. The van der Waals surface area contributed by atoms with Crippen LogP contribution in [-0.4, -0.2) is 55.5 Å². The summed E-state index contributed by atoms with van der Waals surface area (Å²) in [5.41, 5.74) is 0.503. The average Bonchev–Trinajstić information content (AvgIpc) is 2.45. The van der Waals surface area contributed by atoms with Crippen LogP contribution in [0, 0.1) is 0 Å². The third kappa shape index (κ3) is 3.13. The summed E-state index contributed by atoms with van der Waals surface area (Å²) in [6.07, 6.45) is 3.11. The molecule has 0 aromatic carbocycles. The molecule has 8 heteroatoms. The molecule has 3 atom stereocenters. The summed E-state index contributed by atoms with van der Waals surface area (Å²) < 4.78 is 12.3. The first kappa shape index (κ1) is 16.8. The number of halogens is 1. The van der Waals surface area contributed by atoms with E-state index in [1.54, 1.807) is 0 Å². The number of hydrogen-bond acceptors (Lipinski definition) is 4. The van der Waals surface area contributed by atoms with Crippen molar-refractivity contribution >= 4 is 39.0 Å². The molecular weight excluding hydrogens is 360 g/mol. The molecule has 118 valence electrons. The predicted octanol–water partition coefficient (Wildman–Crippen LogP) is 0.799. The summed E-state index contributed by atoms with van der Waals surface area (Å²) in [6.45, 7) is 2.78. The van der Waals surface area contributed by atoms with Crippen LogP contribution in [0.15, 0.2) is 11.3 Å². The minimum absolute atomic E-state index is 0.00640. The van der Waals surface area contributed by atoms with Crippen molar-refractivity contribution in [2.45, 2.75) is 37.6 Å². The second-order valence-corrected chi connectivity index (χ2v) is 7.25. The Bertz CT molecular complexity index is 471. The standard InChI is InChI=1S/C13H19BrN2O4S/c1-2-3-4-5-15-9-11(17)16-10(13(18)19)8(6-14)7-21(20)12(9)16/h9,12,15H,2-7H2,1H3,(H,18,19)/t9?,12-,21?/m0/s1. The van der Waals surface area contributed by atoms with Crippen LogP contribution in [0.3, 0.4) is 0 Å². The van der Waals surface area contributed by atoms with E-state index in [-0.39, 0.29) is 17.4 Å². The van der Waals surface area contributed by atoms with E-state index in [9.17, 15) is 19.2 Å². The molecule has 2 rings (SSSR count). The summed E-state index contributed by atoms with van der Waals surface area (Å²) >= 11 is 1.94. The number of aliphatic carboxylic acids is 1. The molecule has 21 heavy (non-hydrogen) atoms. The van der Waals surface area contributed by atoms with Crippen LogP contribution in [-0.2, 0) is 20.8 Å². The molecule has 0 saturated carbocycles. The topological polar surface area (TPSA) is 92.7 Å². The lowest BCUT2D eigenvalue weighted by Gasteiger charge is -2.49. The highest BCUT2D eigenvalue weighted by Crippen LogP contribution is 2.37. The first-order valence-electron chi connectivity index (χ1n) is 6.97. The maximum absolute atomic E-state index is 12.3. The zero-order valence-electron chi connectivity index (χ0n) is 11.8. The van der Waals surface area contributed by atoms with Gasteiger partial charge in [-0.25, -0.2) is 4.79 Å². The molecule has 0 bridgehead atoms. The smallest absolute Gasteiger partial charge is 0.352 e. The molecule has 0 spiro atoms. The van der Waals surface area contributed by atoms with Gasteiger partial charge in [-0.3, -0.25) is 15.0 Å². The van der Waals surface area contributed by atoms with Crippen LogP contribution in [0.4, 0.5) is 0 Å². The number of fused-ring (bicyclic) bond motifs is 1. The molecule has 1 fully saturated rings. The highest BCUT2D eigenvalue weighted by Gasteiger charge is 2.59. The van der Waals surface area contributed by atoms with Crippen LogP contribution in [0.2, 0.25) is 0 Å². The van der Waals surface area contributed by atoms with Gasteiger partial charge in [0.2, 0.25) is 5.37 Å². The molecule has 2 heterocycles. The molecule has 0 aliphatic carbocycles. The van der Waals surface area contributed by atoms with Crippen molar-refractivity contribution in [2.75, 3.05) is 17.6 Å². The van der Waals surface area contributed by atoms with Crippen molar-refractivity contribution in [1.82, 2.24) is 10.2 Å². The van der Waals surface area contributed by atoms with Gasteiger partial charge in [0, 0.05) is 10.9 Å². The van der Waals surface area contributed by atoms with Crippen molar-refractivity contribution in [3.8, 4) is 0 Å². The Morgan fingerprint density at radius 2 is 2.29 bits per heavy atom. The molecule has 1 saturated heterocycles.